The number of aromatic amines is 1. The number of hydrogen-bond donors (Lipinski definition) is 1. The van der Waals surface area contributed by atoms with Crippen molar-refractivity contribution in [3.63, 3.8) is 0 Å². The van der Waals surface area contributed by atoms with E-state index in [1.54, 1.807) is 0 Å². The summed E-state index contributed by atoms with van der Waals surface area (Å²) in [6.45, 7) is 4.14. The van der Waals surface area contributed by atoms with Gasteiger partial charge in [-0.05, 0) is 38.9 Å². The van der Waals surface area contributed by atoms with Crippen molar-refractivity contribution in [1.82, 2.24) is 9.88 Å². The summed E-state index contributed by atoms with van der Waals surface area (Å²) in [6.07, 6.45) is 5.58. The second-order valence-corrected chi connectivity index (χ2v) is 5.38. The number of hydrogen-bond acceptors (Lipinski definition) is 2. The largest absolute Gasteiger partial charge is 0.360 e. The Kier molecular flexibility index (Phi) is 3.38. The fourth-order valence-electron chi connectivity index (χ4n) is 2.97. The maximum absolute atomic E-state index is 12.7. The van der Waals surface area contributed by atoms with Crippen LogP contribution in [0.4, 0.5) is 0 Å². The molecule has 1 unspecified atom stereocenters. The van der Waals surface area contributed by atoms with E-state index in [1.165, 1.54) is 19.3 Å². The maximum atomic E-state index is 12.7. The lowest BCUT2D eigenvalue weighted by molar-refractivity contribution is 0.0810. The summed E-state index contributed by atoms with van der Waals surface area (Å²) in [7, 11) is 0. The van der Waals surface area contributed by atoms with E-state index in [2.05, 4.69) is 9.88 Å². The Morgan fingerprint density at radius 3 is 2.74 bits per heavy atom. The number of carbonyl (C=O) groups is 1. The number of benzene rings is 1. The summed E-state index contributed by atoms with van der Waals surface area (Å²) in [5, 5.41) is 1.04. The van der Waals surface area contributed by atoms with Crippen LogP contribution in [0.25, 0.3) is 10.9 Å². The third-order valence-electron chi connectivity index (χ3n) is 4.17. The molecule has 1 aliphatic rings. The third kappa shape index (κ3) is 2.30. The molecule has 0 amide bonds. The molecule has 1 aromatic carbocycles. The number of H-pyrrole nitrogens is 1. The minimum Gasteiger partial charge on any atom is -0.360 e. The van der Waals surface area contributed by atoms with E-state index >= 15 is 0 Å². The zero-order valence-corrected chi connectivity index (χ0v) is 11.4. The van der Waals surface area contributed by atoms with Gasteiger partial charge < -0.3 is 4.98 Å². The number of nitrogens with zero attached hydrogens (tertiary/aromatic N) is 1. The molecule has 100 valence electrons. The molecule has 1 aliphatic heterocycles. The smallest absolute Gasteiger partial charge is 0.181 e. The molecular formula is C16H20N2O. The van der Waals surface area contributed by atoms with E-state index < -0.39 is 0 Å². The van der Waals surface area contributed by atoms with Gasteiger partial charge in [0.2, 0.25) is 0 Å². The molecule has 0 bridgehead atoms. The number of rotatable bonds is 3. The predicted molar refractivity (Wildman–Crippen MR) is 77.5 cm³/mol. The van der Waals surface area contributed by atoms with E-state index in [1.807, 2.05) is 37.4 Å². The second kappa shape index (κ2) is 5.17. The quantitative estimate of drug-likeness (QED) is 0.856. The van der Waals surface area contributed by atoms with Gasteiger partial charge in [0.05, 0.1) is 6.04 Å². The van der Waals surface area contributed by atoms with E-state index in [9.17, 15) is 4.79 Å². The molecule has 1 N–H and O–H groups in total. The van der Waals surface area contributed by atoms with Crippen molar-refractivity contribution in [3.8, 4) is 0 Å². The molecule has 3 rings (SSSR count). The van der Waals surface area contributed by atoms with Crippen LogP contribution >= 0.6 is 0 Å². The van der Waals surface area contributed by atoms with Crippen molar-refractivity contribution in [3.05, 3.63) is 36.0 Å². The number of fused-ring (bicyclic) bond motifs is 1. The zero-order chi connectivity index (χ0) is 13.2. The molecule has 3 heteroatoms. The average Bonchev–Trinajstić information content (AvgIpc) is 2.90. The zero-order valence-electron chi connectivity index (χ0n) is 11.4. The molecular weight excluding hydrogens is 236 g/mol. The molecule has 0 aliphatic carbocycles. The second-order valence-electron chi connectivity index (χ2n) is 5.38. The van der Waals surface area contributed by atoms with Gasteiger partial charge in [-0.3, -0.25) is 9.69 Å². The Morgan fingerprint density at radius 1 is 1.21 bits per heavy atom. The van der Waals surface area contributed by atoms with Gasteiger partial charge >= 0.3 is 0 Å². The Morgan fingerprint density at radius 2 is 1.95 bits per heavy atom. The number of piperidine rings is 1. The first-order chi connectivity index (χ1) is 9.27. The third-order valence-corrected chi connectivity index (χ3v) is 4.17. The van der Waals surface area contributed by atoms with Gasteiger partial charge in [-0.25, -0.2) is 0 Å². The van der Waals surface area contributed by atoms with Gasteiger partial charge in [0.1, 0.15) is 0 Å². The molecule has 0 spiro atoms. The topological polar surface area (TPSA) is 36.1 Å². The van der Waals surface area contributed by atoms with Gasteiger partial charge in [0.15, 0.2) is 5.78 Å². The molecule has 1 aromatic heterocycles. The summed E-state index contributed by atoms with van der Waals surface area (Å²) in [6, 6.07) is 7.98. The highest BCUT2D eigenvalue weighted by Gasteiger charge is 2.25. The van der Waals surface area contributed by atoms with Crippen LogP contribution < -0.4 is 0 Å². The minimum absolute atomic E-state index is 0.0143. The summed E-state index contributed by atoms with van der Waals surface area (Å²) < 4.78 is 0. The van der Waals surface area contributed by atoms with Crippen LogP contribution in [-0.2, 0) is 0 Å². The molecule has 1 atom stereocenters. The van der Waals surface area contributed by atoms with E-state index in [-0.39, 0.29) is 11.8 Å². The molecule has 2 heterocycles. The first-order valence-corrected chi connectivity index (χ1v) is 7.12. The van der Waals surface area contributed by atoms with Crippen LogP contribution in [0.5, 0.6) is 0 Å². The normalized spacial score (nSPS) is 18.6. The van der Waals surface area contributed by atoms with E-state index in [4.69, 9.17) is 0 Å². The Hall–Kier alpha value is -1.61. The average molecular weight is 256 g/mol. The summed E-state index contributed by atoms with van der Waals surface area (Å²) in [4.78, 5) is 18.2. The highest BCUT2D eigenvalue weighted by Crippen LogP contribution is 2.22. The number of carbonyl (C=O) groups excluding carboxylic acids is 1. The molecule has 2 aromatic rings. The fourth-order valence-corrected chi connectivity index (χ4v) is 2.97. The molecule has 0 radical (unpaired) electrons. The highest BCUT2D eigenvalue weighted by atomic mass is 16.1. The van der Waals surface area contributed by atoms with Crippen LogP contribution in [-0.4, -0.2) is 34.8 Å². The van der Waals surface area contributed by atoms with Crippen molar-refractivity contribution in [2.75, 3.05) is 13.1 Å². The van der Waals surface area contributed by atoms with Crippen LogP contribution in [0.3, 0.4) is 0 Å². The van der Waals surface area contributed by atoms with Crippen molar-refractivity contribution in [2.45, 2.75) is 32.2 Å². The Labute approximate surface area is 113 Å². The number of nitrogens with one attached hydrogen (secondary N) is 1. The fraction of sp³-hybridized carbons (Fsp3) is 0.438. The molecule has 19 heavy (non-hydrogen) atoms. The van der Waals surface area contributed by atoms with E-state index in [0.29, 0.717) is 0 Å². The lowest BCUT2D eigenvalue weighted by Gasteiger charge is -2.31. The number of ketones is 1. The number of aromatic nitrogens is 1. The van der Waals surface area contributed by atoms with Crippen molar-refractivity contribution in [1.29, 1.82) is 0 Å². The Bertz CT molecular complexity index is 581. The molecule has 0 saturated carbocycles. The SMILES string of the molecule is CC(C(=O)c1c[nH]c2ccccc12)N1CCCCC1. The maximum Gasteiger partial charge on any atom is 0.181 e. The molecule has 3 nitrogen and oxygen atoms in total. The van der Waals surface area contributed by atoms with Crippen molar-refractivity contribution < 1.29 is 4.79 Å². The van der Waals surface area contributed by atoms with Gasteiger partial charge in [0, 0.05) is 22.7 Å². The standard InChI is InChI=1S/C16H20N2O/c1-12(18-9-5-2-6-10-18)16(19)14-11-17-15-8-4-3-7-13(14)15/h3-4,7-8,11-12,17H,2,5-6,9-10H2,1H3. The summed E-state index contributed by atoms with van der Waals surface area (Å²) in [5.41, 5.74) is 1.87. The van der Waals surface area contributed by atoms with Gasteiger partial charge in [0.25, 0.3) is 0 Å². The Balaban J connectivity index is 1.86. The number of para-hydroxylation sites is 1. The predicted octanol–water partition coefficient (Wildman–Crippen LogP) is 3.23. The lowest BCUT2D eigenvalue weighted by atomic mass is 10.0. The van der Waals surface area contributed by atoms with Gasteiger partial charge in [-0.1, -0.05) is 24.6 Å². The van der Waals surface area contributed by atoms with Crippen LogP contribution in [0, 0.1) is 0 Å². The number of likely N-dealkylation sites (tertiary alicyclic amines) is 1. The van der Waals surface area contributed by atoms with Crippen molar-refractivity contribution in [2.24, 2.45) is 0 Å². The molecule has 1 saturated heterocycles. The molecule has 1 fully saturated rings. The summed E-state index contributed by atoms with van der Waals surface area (Å²) >= 11 is 0. The first kappa shape index (κ1) is 12.4. The number of Topliss-reactive ketones (excluding diaryl/α,β-unsaturated/α-hetero) is 1. The highest BCUT2D eigenvalue weighted by molar-refractivity contribution is 6.10. The van der Waals surface area contributed by atoms with Gasteiger partial charge in [-0.15, -0.1) is 0 Å². The first-order valence-electron chi connectivity index (χ1n) is 7.12. The van der Waals surface area contributed by atoms with Crippen LogP contribution in [0.2, 0.25) is 0 Å². The minimum atomic E-state index is -0.0143. The monoisotopic (exact) mass is 256 g/mol. The van der Waals surface area contributed by atoms with Crippen molar-refractivity contribution >= 4 is 16.7 Å². The van der Waals surface area contributed by atoms with Gasteiger partial charge in [-0.2, -0.15) is 0 Å². The van der Waals surface area contributed by atoms with E-state index in [0.717, 1.165) is 29.6 Å². The van der Waals surface area contributed by atoms with Crippen LogP contribution in [0.15, 0.2) is 30.5 Å². The van der Waals surface area contributed by atoms with Crippen LogP contribution in [0.1, 0.15) is 36.5 Å². The summed E-state index contributed by atoms with van der Waals surface area (Å²) in [5.74, 6) is 0.236. The lowest BCUT2D eigenvalue weighted by Crippen LogP contribution is -2.42.